The zero-order chi connectivity index (χ0) is 14.0. The molecule has 8 heteroatoms. The van der Waals surface area contributed by atoms with Crippen molar-refractivity contribution in [3.8, 4) is 5.75 Å². The molecule has 20 heavy (non-hydrogen) atoms. The van der Waals surface area contributed by atoms with Crippen molar-refractivity contribution in [1.29, 1.82) is 0 Å². The van der Waals surface area contributed by atoms with Gasteiger partial charge in [0.25, 0.3) is 0 Å². The molecule has 1 heterocycles. The van der Waals surface area contributed by atoms with E-state index in [0.717, 1.165) is 19.3 Å². The predicted molar refractivity (Wildman–Crippen MR) is 69.7 cm³/mol. The van der Waals surface area contributed by atoms with E-state index in [1.165, 1.54) is 5.06 Å². The van der Waals surface area contributed by atoms with Crippen LogP contribution in [0.3, 0.4) is 0 Å². The van der Waals surface area contributed by atoms with Crippen molar-refractivity contribution in [2.24, 2.45) is 0 Å². The van der Waals surface area contributed by atoms with Crippen molar-refractivity contribution in [2.45, 2.75) is 25.4 Å². The van der Waals surface area contributed by atoms with Gasteiger partial charge in [-0.05, 0) is 25.0 Å². The van der Waals surface area contributed by atoms with Gasteiger partial charge in [0, 0.05) is 13.1 Å². The van der Waals surface area contributed by atoms with Crippen LogP contribution in [0.4, 0.5) is 17.6 Å². The Morgan fingerprint density at radius 1 is 1.10 bits per heavy atom. The summed E-state index contributed by atoms with van der Waals surface area (Å²) in [6.45, 7) is 1.13. The van der Waals surface area contributed by atoms with Gasteiger partial charge < -0.3 is 4.84 Å². The van der Waals surface area contributed by atoms with E-state index >= 15 is 0 Å². The summed E-state index contributed by atoms with van der Waals surface area (Å²) >= 11 is 5.47. The summed E-state index contributed by atoms with van der Waals surface area (Å²) in [4.78, 5) is 5.18. The number of piperidine rings is 1. The molecule has 0 aromatic heterocycles. The van der Waals surface area contributed by atoms with Crippen LogP contribution in [0.25, 0.3) is 0 Å². The Balaban J connectivity index is 0.00000200. The molecule has 1 saturated heterocycles. The van der Waals surface area contributed by atoms with Gasteiger partial charge in [0.15, 0.2) is 11.6 Å². The van der Waals surface area contributed by atoms with E-state index in [2.05, 4.69) is 0 Å². The normalized spacial score (nSPS) is 16.6. The molecule has 0 bridgehead atoms. The average molecular weight is 334 g/mol. The molecule has 1 aromatic carbocycles. The first-order valence-electron chi connectivity index (χ1n) is 5.87. The number of benzene rings is 1. The van der Waals surface area contributed by atoms with Crippen LogP contribution in [0.5, 0.6) is 5.75 Å². The SMILES string of the molecule is Cl.Fc1c(Cl)cc(C(F)(F)F)cc1ON1CCCCC1. The predicted octanol–water partition coefficient (Wildman–Crippen LogP) is 4.70. The third kappa shape index (κ3) is 4.14. The highest BCUT2D eigenvalue weighted by Crippen LogP contribution is 2.36. The average Bonchev–Trinajstić information content (AvgIpc) is 2.34. The summed E-state index contributed by atoms with van der Waals surface area (Å²) in [5, 5.41) is 0.861. The van der Waals surface area contributed by atoms with Gasteiger partial charge in [0.1, 0.15) is 0 Å². The molecule has 0 amide bonds. The molecular weight excluding hydrogens is 321 g/mol. The summed E-state index contributed by atoms with van der Waals surface area (Å²) in [6, 6.07) is 1.19. The molecule has 0 unspecified atom stereocenters. The molecule has 0 atom stereocenters. The quantitative estimate of drug-likeness (QED) is 0.727. The Kier molecular flexibility index (Phi) is 5.91. The molecule has 2 nitrogen and oxygen atoms in total. The van der Waals surface area contributed by atoms with Crippen LogP contribution in [-0.4, -0.2) is 18.2 Å². The van der Waals surface area contributed by atoms with Crippen LogP contribution < -0.4 is 4.84 Å². The van der Waals surface area contributed by atoms with Crippen LogP contribution in [0.2, 0.25) is 5.02 Å². The Labute approximate surface area is 125 Å². The second kappa shape index (κ2) is 6.83. The first kappa shape index (κ1) is 17.3. The molecule has 0 radical (unpaired) electrons. The summed E-state index contributed by atoms with van der Waals surface area (Å²) in [5.74, 6) is -1.46. The third-order valence-electron chi connectivity index (χ3n) is 2.86. The lowest BCUT2D eigenvalue weighted by atomic mass is 10.2. The smallest absolute Gasteiger partial charge is 0.403 e. The molecule has 0 N–H and O–H groups in total. The second-order valence-corrected chi connectivity index (χ2v) is 4.76. The fourth-order valence-corrected chi connectivity index (χ4v) is 2.10. The zero-order valence-corrected chi connectivity index (χ0v) is 11.9. The molecule has 0 saturated carbocycles. The number of hydroxylamine groups is 2. The molecule has 1 aliphatic heterocycles. The van der Waals surface area contributed by atoms with Crippen LogP contribution in [0.1, 0.15) is 24.8 Å². The summed E-state index contributed by atoms with van der Waals surface area (Å²) in [5.41, 5.74) is -1.02. The van der Waals surface area contributed by atoms with Crippen molar-refractivity contribution >= 4 is 24.0 Å². The van der Waals surface area contributed by atoms with Gasteiger partial charge in [-0.25, -0.2) is 4.39 Å². The maximum atomic E-state index is 13.7. The van der Waals surface area contributed by atoms with Gasteiger partial charge in [-0.15, -0.1) is 17.5 Å². The highest BCUT2D eigenvalue weighted by Gasteiger charge is 2.33. The van der Waals surface area contributed by atoms with E-state index in [0.29, 0.717) is 25.2 Å². The van der Waals surface area contributed by atoms with E-state index in [1.54, 1.807) is 0 Å². The van der Waals surface area contributed by atoms with Gasteiger partial charge >= 0.3 is 6.18 Å². The van der Waals surface area contributed by atoms with Gasteiger partial charge in [-0.2, -0.15) is 13.2 Å². The maximum absolute atomic E-state index is 13.7. The van der Waals surface area contributed by atoms with E-state index < -0.39 is 28.3 Å². The fourth-order valence-electron chi connectivity index (χ4n) is 1.89. The van der Waals surface area contributed by atoms with Crippen molar-refractivity contribution in [3.63, 3.8) is 0 Å². The molecule has 0 spiro atoms. The lowest BCUT2D eigenvalue weighted by molar-refractivity contribution is -0.138. The number of rotatable bonds is 2. The third-order valence-corrected chi connectivity index (χ3v) is 3.14. The van der Waals surface area contributed by atoms with E-state index in [1.807, 2.05) is 0 Å². The summed E-state index contributed by atoms with van der Waals surface area (Å²) in [6.07, 6.45) is -1.81. The Bertz CT molecular complexity index is 462. The van der Waals surface area contributed by atoms with Crippen molar-refractivity contribution < 1.29 is 22.4 Å². The molecular formula is C12H13Cl2F4NO. The van der Waals surface area contributed by atoms with Crippen LogP contribution >= 0.6 is 24.0 Å². The second-order valence-electron chi connectivity index (χ2n) is 4.35. The van der Waals surface area contributed by atoms with Crippen LogP contribution in [0.15, 0.2) is 12.1 Å². The monoisotopic (exact) mass is 333 g/mol. The minimum Gasteiger partial charge on any atom is -0.403 e. The highest BCUT2D eigenvalue weighted by atomic mass is 35.5. The van der Waals surface area contributed by atoms with Gasteiger partial charge in [0.2, 0.25) is 0 Å². The van der Waals surface area contributed by atoms with Crippen molar-refractivity contribution in [3.05, 3.63) is 28.5 Å². The van der Waals surface area contributed by atoms with E-state index in [-0.39, 0.29) is 12.4 Å². The molecule has 2 rings (SSSR count). The standard InChI is InChI=1S/C12H12ClF4NO.ClH/c13-9-6-8(12(15,16)17)7-10(11(9)14)19-18-4-2-1-3-5-18;/h6-7H,1-5H2;1H. The molecule has 1 aliphatic rings. The summed E-state index contributed by atoms with van der Waals surface area (Å²) in [7, 11) is 0. The Hall–Kier alpha value is -0.720. The number of nitrogens with zero attached hydrogens (tertiary/aromatic N) is 1. The largest absolute Gasteiger partial charge is 0.416 e. The Morgan fingerprint density at radius 3 is 2.25 bits per heavy atom. The first-order valence-corrected chi connectivity index (χ1v) is 6.25. The van der Waals surface area contributed by atoms with Gasteiger partial charge in [-0.3, -0.25) is 0 Å². The highest BCUT2D eigenvalue weighted by molar-refractivity contribution is 6.31. The summed E-state index contributed by atoms with van der Waals surface area (Å²) < 4.78 is 51.5. The van der Waals surface area contributed by atoms with Gasteiger partial charge in [0.05, 0.1) is 10.6 Å². The molecule has 1 aromatic rings. The topological polar surface area (TPSA) is 12.5 Å². The lowest BCUT2D eigenvalue weighted by Gasteiger charge is -2.26. The number of halogens is 6. The zero-order valence-electron chi connectivity index (χ0n) is 10.3. The van der Waals surface area contributed by atoms with E-state index in [9.17, 15) is 17.6 Å². The number of hydrogen-bond donors (Lipinski definition) is 0. The molecule has 1 fully saturated rings. The van der Waals surface area contributed by atoms with Gasteiger partial charge in [-0.1, -0.05) is 18.0 Å². The molecule has 114 valence electrons. The minimum atomic E-state index is -4.59. The Morgan fingerprint density at radius 2 is 1.70 bits per heavy atom. The van der Waals surface area contributed by atoms with Crippen LogP contribution in [0, 0.1) is 5.82 Å². The first-order chi connectivity index (χ1) is 8.88. The van der Waals surface area contributed by atoms with Crippen molar-refractivity contribution in [1.82, 2.24) is 5.06 Å². The molecule has 0 aliphatic carbocycles. The number of hydrogen-bond acceptors (Lipinski definition) is 2. The maximum Gasteiger partial charge on any atom is 0.416 e. The van der Waals surface area contributed by atoms with E-state index in [4.69, 9.17) is 16.4 Å². The fraction of sp³-hybridized carbons (Fsp3) is 0.500. The minimum absolute atomic E-state index is 0. The lowest BCUT2D eigenvalue weighted by Crippen LogP contribution is -2.33. The van der Waals surface area contributed by atoms with Crippen LogP contribution in [-0.2, 0) is 6.18 Å². The van der Waals surface area contributed by atoms with Crippen molar-refractivity contribution in [2.75, 3.05) is 13.1 Å². The number of alkyl halides is 3.